The molecule has 18 nitrogen and oxygen atoms in total. The maximum atomic E-state index is 12.1. The van der Waals surface area contributed by atoms with Crippen molar-refractivity contribution in [3.8, 4) is 0 Å². The summed E-state index contributed by atoms with van der Waals surface area (Å²) < 4.78 is 32.3. The van der Waals surface area contributed by atoms with Gasteiger partial charge in [-0.25, -0.2) is 4.79 Å². The van der Waals surface area contributed by atoms with Crippen molar-refractivity contribution in [1.82, 2.24) is 5.32 Å². The first-order chi connectivity index (χ1) is 18.0. The smallest absolute Gasteiger partial charge is 0.407 e. The largest absolute Gasteiger partial charge is 0.453 e. The van der Waals surface area contributed by atoms with Crippen molar-refractivity contribution in [3.05, 3.63) is 0 Å². The molecular weight excluding hydrogens is 522 g/mol. The summed E-state index contributed by atoms with van der Waals surface area (Å²) in [7, 11) is 1.04. The zero-order valence-corrected chi connectivity index (χ0v) is 20.4. The van der Waals surface area contributed by atoms with Crippen LogP contribution in [0.3, 0.4) is 0 Å². The Morgan fingerprint density at radius 2 is 1.26 bits per heavy atom. The second kappa shape index (κ2) is 13.4. The summed E-state index contributed by atoms with van der Waals surface area (Å²) in [5, 5.41) is 83.1. The summed E-state index contributed by atoms with van der Waals surface area (Å²) in [5.74, 6) is 0. The van der Waals surface area contributed by atoms with Crippen molar-refractivity contribution in [2.45, 2.75) is 91.9 Å². The van der Waals surface area contributed by atoms with Crippen LogP contribution in [0.15, 0.2) is 0 Å². The van der Waals surface area contributed by atoms with E-state index in [0.29, 0.717) is 0 Å². The monoisotopic (exact) mass is 559 g/mol. The van der Waals surface area contributed by atoms with Gasteiger partial charge in [-0.15, -0.1) is 0 Å². The van der Waals surface area contributed by atoms with Crippen molar-refractivity contribution in [2.75, 3.05) is 26.9 Å². The second-order valence-corrected chi connectivity index (χ2v) is 9.18. The number of hydrogen-bond acceptors (Lipinski definition) is 17. The van der Waals surface area contributed by atoms with Gasteiger partial charge in [0.05, 0.1) is 39.0 Å². The van der Waals surface area contributed by atoms with Crippen LogP contribution in [-0.2, 0) is 28.4 Å². The molecule has 3 fully saturated rings. The van der Waals surface area contributed by atoms with Gasteiger partial charge in [-0.2, -0.15) is 0 Å². The molecule has 0 aromatic rings. The van der Waals surface area contributed by atoms with Crippen molar-refractivity contribution in [3.63, 3.8) is 0 Å². The van der Waals surface area contributed by atoms with Crippen LogP contribution in [-0.4, -0.2) is 166 Å². The first kappa shape index (κ1) is 31.2. The number of carbonyl (C=O) groups excluding carboxylic acids is 1. The average Bonchev–Trinajstić information content (AvgIpc) is 2.91. The highest BCUT2D eigenvalue weighted by atomic mass is 16.7. The van der Waals surface area contributed by atoms with E-state index in [0.717, 1.165) is 7.11 Å². The number of hydrogen-bond donors (Lipinski definition) is 11. The third-order valence-electron chi connectivity index (χ3n) is 6.75. The molecule has 0 radical (unpaired) electrons. The lowest BCUT2D eigenvalue weighted by molar-refractivity contribution is -0.349. The minimum atomic E-state index is -1.74. The molecular formula is C20H37N3O15. The number of carbonyl (C=O) groups is 1. The first-order valence-corrected chi connectivity index (χ1v) is 11.8. The van der Waals surface area contributed by atoms with E-state index in [1.54, 1.807) is 0 Å². The van der Waals surface area contributed by atoms with Gasteiger partial charge in [0.2, 0.25) is 0 Å². The number of amides is 1. The quantitative estimate of drug-likeness (QED) is 0.132. The number of nitrogens with two attached hydrogens (primary N) is 2. The van der Waals surface area contributed by atoms with E-state index < -0.39 is 118 Å². The van der Waals surface area contributed by atoms with Gasteiger partial charge in [0.15, 0.2) is 18.9 Å². The number of nitrogens with one attached hydrogen (secondary N) is 1. The van der Waals surface area contributed by atoms with Gasteiger partial charge < -0.3 is 86.1 Å². The fourth-order valence-electron chi connectivity index (χ4n) is 4.51. The molecule has 0 aromatic carbocycles. The molecule has 0 bridgehead atoms. The average molecular weight is 560 g/mol. The van der Waals surface area contributed by atoms with Crippen LogP contribution in [0.5, 0.6) is 0 Å². The normalized spacial score (nSPS) is 47.9. The number of aliphatic hydroxyl groups excluding tert-OH is 8. The molecule has 3 heterocycles. The standard InChI is InChI=1S/C20H37N3O15/c1-33-20(32)23-10-14(30)16(37-18-9(22)12(28)11(27)5(2-24)35-18)7(4-26)36-19(10)38-15-6(3-25)34-17(31)8(21)13(15)29/h5-19,24-31H,2-4,21-22H2,1H3,(H,23,32)/t5-,6-,7-,8-,9-,10-,11-,12-,13-,14-,15?,16?,17-,18+,19+/m1/s1. The Kier molecular flexibility index (Phi) is 11.0. The fourth-order valence-corrected chi connectivity index (χ4v) is 4.51. The molecule has 0 spiro atoms. The van der Waals surface area contributed by atoms with E-state index in [-0.39, 0.29) is 0 Å². The van der Waals surface area contributed by atoms with Gasteiger partial charge in [0, 0.05) is 0 Å². The molecule has 0 saturated carbocycles. The van der Waals surface area contributed by atoms with Crippen molar-refractivity contribution >= 4 is 6.09 Å². The molecule has 15 atom stereocenters. The van der Waals surface area contributed by atoms with E-state index in [2.05, 4.69) is 10.1 Å². The maximum absolute atomic E-state index is 12.1. The highest BCUT2D eigenvalue weighted by Gasteiger charge is 2.53. The van der Waals surface area contributed by atoms with Gasteiger partial charge in [-0.05, 0) is 0 Å². The summed E-state index contributed by atoms with van der Waals surface area (Å²) in [5.41, 5.74) is 11.6. The van der Waals surface area contributed by atoms with E-state index in [4.69, 9.17) is 35.2 Å². The summed E-state index contributed by atoms with van der Waals surface area (Å²) in [6, 6.07) is -4.21. The van der Waals surface area contributed by atoms with Crippen LogP contribution < -0.4 is 16.8 Å². The Labute approximate surface area is 216 Å². The maximum Gasteiger partial charge on any atom is 0.407 e. The molecule has 2 unspecified atom stereocenters. The molecule has 3 rings (SSSR count). The number of rotatable bonds is 8. The number of methoxy groups -OCH3 is 1. The Hall–Kier alpha value is -1.33. The zero-order valence-electron chi connectivity index (χ0n) is 20.4. The first-order valence-electron chi connectivity index (χ1n) is 11.8. The molecule has 3 saturated heterocycles. The lowest BCUT2D eigenvalue weighted by Crippen LogP contribution is -2.70. The number of ether oxygens (including phenoxy) is 6. The topological polar surface area (TPSA) is 298 Å². The van der Waals surface area contributed by atoms with Gasteiger partial charge in [0.1, 0.15) is 61.0 Å². The number of alkyl carbamates (subject to hydrolysis) is 1. The summed E-state index contributed by atoms with van der Waals surface area (Å²) in [4.78, 5) is 12.1. The van der Waals surface area contributed by atoms with Crippen LogP contribution in [0.25, 0.3) is 0 Å². The fraction of sp³-hybridized carbons (Fsp3) is 0.950. The van der Waals surface area contributed by atoms with Gasteiger partial charge in [-0.3, -0.25) is 0 Å². The minimum absolute atomic E-state index is 0.699. The number of aliphatic hydroxyl groups is 8. The summed E-state index contributed by atoms with van der Waals surface area (Å²) in [6.45, 7) is -2.20. The van der Waals surface area contributed by atoms with Crippen molar-refractivity contribution in [1.29, 1.82) is 0 Å². The third-order valence-corrected chi connectivity index (χ3v) is 6.75. The van der Waals surface area contributed by atoms with Gasteiger partial charge in [-0.1, -0.05) is 0 Å². The van der Waals surface area contributed by atoms with Crippen LogP contribution in [0.4, 0.5) is 4.79 Å². The Balaban J connectivity index is 1.85. The van der Waals surface area contributed by atoms with E-state index in [1.807, 2.05) is 0 Å². The van der Waals surface area contributed by atoms with E-state index in [9.17, 15) is 45.6 Å². The molecule has 18 heteroatoms. The molecule has 13 N–H and O–H groups in total. The predicted octanol–water partition coefficient (Wildman–Crippen LogP) is -7.28. The minimum Gasteiger partial charge on any atom is -0.453 e. The molecule has 38 heavy (non-hydrogen) atoms. The van der Waals surface area contributed by atoms with Gasteiger partial charge in [0.25, 0.3) is 0 Å². The van der Waals surface area contributed by atoms with Crippen LogP contribution in [0.1, 0.15) is 0 Å². The van der Waals surface area contributed by atoms with Crippen LogP contribution >= 0.6 is 0 Å². The van der Waals surface area contributed by atoms with Crippen LogP contribution in [0.2, 0.25) is 0 Å². The molecule has 1 amide bonds. The lowest BCUT2D eigenvalue weighted by atomic mass is 9.94. The van der Waals surface area contributed by atoms with Crippen molar-refractivity contribution < 1.29 is 74.1 Å². The van der Waals surface area contributed by atoms with Crippen molar-refractivity contribution in [2.24, 2.45) is 11.5 Å². The third kappa shape index (κ3) is 6.35. The Morgan fingerprint density at radius 1 is 0.737 bits per heavy atom. The highest BCUT2D eigenvalue weighted by Crippen LogP contribution is 2.31. The summed E-state index contributed by atoms with van der Waals surface area (Å²) >= 11 is 0. The molecule has 222 valence electrons. The van der Waals surface area contributed by atoms with Crippen LogP contribution in [0, 0.1) is 0 Å². The van der Waals surface area contributed by atoms with E-state index >= 15 is 0 Å². The predicted molar refractivity (Wildman–Crippen MR) is 119 cm³/mol. The zero-order chi connectivity index (χ0) is 28.3. The SMILES string of the molecule is COC(=O)N[C@H]1[C@H](OC2[C@@H](CO)O[C@@H](O)[C@H](N)[C@H]2O)O[C@H](CO)C(O[C@@H]2O[C@H](CO)[C@@H](O)[C@H](O)[C@H]2N)[C@@H]1O. The highest BCUT2D eigenvalue weighted by molar-refractivity contribution is 5.67. The molecule has 3 aliphatic heterocycles. The summed E-state index contributed by atoms with van der Waals surface area (Å²) in [6.07, 6.45) is -19.1. The second-order valence-electron chi connectivity index (χ2n) is 9.18. The Morgan fingerprint density at radius 3 is 1.84 bits per heavy atom. The molecule has 0 aliphatic carbocycles. The molecule has 0 aromatic heterocycles. The van der Waals surface area contributed by atoms with Gasteiger partial charge >= 0.3 is 6.09 Å². The Bertz CT molecular complexity index is 765. The molecule has 3 aliphatic rings. The lowest BCUT2D eigenvalue weighted by Gasteiger charge is -2.49. The van der Waals surface area contributed by atoms with E-state index in [1.165, 1.54) is 0 Å².